The lowest BCUT2D eigenvalue weighted by atomic mass is 10.2. The highest BCUT2D eigenvalue weighted by Gasteiger charge is 2.16. The Kier molecular flexibility index (Phi) is 7.64. The SMILES string of the molecule is CN(C)C(=O)c1ccc(NC(=O)COC(=O)c2cccc(NS(=O)(=O)c3ccccc3)c2)cc1. The van der Waals surface area contributed by atoms with Crippen molar-refractivity contribution in [1.29, 1.82) is 0 Å². The van der Waals surface area contributed by atoms with Crippen molar-refractivity contribution in [3.05, 3.63) is 90.0 Å². The average Bonchev–Trinajstić information content (AvgIpc) is 2.83. The van der Waals surface area contributed by atoms with Gasteiger partial charge in [-0.05, 0) is 54.6 Å². The fourth-order valence-electron chi connectivity index (χ4n) is 2.89. The predicted octanol–water partition coefficient (Wildman–Crippen LogP) is 2.98. The summed E-state index contributed by atoms with van der Waals surface area (Å²) in [5, 5.41) is 2.57. The Bertz CT molecular complexity index is 1290. The van der Waals surface area contributed by atoms with Gasteiger partial charge in [-0.1, -0.05) is 24.3 Å². The van der Waals surface area contributed by atoms with Gasteiger partial charge in [0.05, 0.1) is 10.5 Å². The summed E-state index contributed by atoms with van der Waals surface area (Å²) in [6.45, 7) is -0.544. The van der Waals surface area contributed by atoms with Gasteiger partial charge >= 0.3 is 5.97 Å². The van der Waals surface area contributed by atoms with Crippen LogP contribution in [0.2, 0.25) is 0 Å². The maximum Gasteiger partial charge on any atom is 0.338 e. The first-order chi connectivity index (χ1) is 16.2. The van der Waals surface area contributed by atoms with Gasteiger partial charge < -0.3 is 15.0 Å². The molecule has 0 atom stereocenters. The molecule has 0 aliphatic rings. The van der Waals surface area contributed by atoms with E-state index in [0.717, 1.165) is 0 Å². The molecule has 0 aromatic heterocycles. The fraction of sp³-hybridized carbons (Fsp3) is 0.125. The van der Waals surface area contributed by atoms with Crippen molar-refractivity contribution >= 4 is 39.2 Å². The Morgan fingerprint density at radius 2 is 1.50 bits per heavy atom. The third-order valence-corrected chi connectivity index (χ3v) is 5.96. The summed E-state index contributed by atoms with van der Waals surface area (Å²) >= 11 is 0. The molecule has 3 aromatic rings. The summed E-state index contributed by atoms with van der Waals surface area (Å²) in [5.41, 5.74) is 1.16. The van der Waals surface area contributed by atoms with Gasteiger partial charge in [-0.25, -0.2) is 13.2 Å². The van der Waals surface area contributed by atoms with Gasteiger partial charge in [0.2, 0.25) is 0 Å². The molecular weight excluding hydrogens is 458 g/mol. The third-order valence-electron chi connectivity index (χ3n) is 4.56. The molecule has 0 fully saturated rings. The largest absolute Gasteiger partial charge is 0.452 e. The molecule has 0 heterocycles. The molecule has 3 aromatic carbocycles. The summed E-state index contributed by atoms with van der Waals surface area (Å²) < 4.78 is 32.4. The molecule has 34 heavy (non-hydrogen) atoms. The number of nitrogens with one attached hydrogen (secondary N) is 2. The summed E-state index contributed by atoms with van der Waals surface area (Å²) in [6.07, 6.45) is 0. The van der Waals surface area contributed by atoms with Crippen LogP contribution in [-0.4, -0.2) is 51.8 Å². The molecule has 9 nitrogen and oxygen atoms in total. The van der Waals surface area contributed by atoms with Gasteiger partial charge in [0.1, 0.15) is 0 Å². The minimum Gasteiger partial charge on any atom is -0.452 e. The van der Waals surface area contributed by atoms with E-state index in [4.69, 9.17) is 4.74 Å². The van der Waals surface area contributed by atoms with E-state index in [9.17, 15) is 22.8 Å². The minimum atomic E-state index is -3.82. The second kappa shape index (κ2) is 10.6. The van der Waals surface area contributed by atoms with Crippen LogP contribution in [0.4, 0.5) is 11.4 Å². The molecule has 2 N–H and O–H groups in total. The van der Waals surface area contributed by atoms with Crippen LogP contribution >= 0.6 is 0 Å². The van der Waals surface area contributed by atoms with Crippen LogP contribution in [0, 0.1) is 0 Å². The molecule has 0 saturated carbocycles. The van der Waals surface area contributed by atoms with E-state index in [1.807, 2.05) is 0 Å². The molecule has 2 amide bonds. The van der Waals surface area contributed by atoms with E-state index in [1.54, 1.807) is 56.6 Å². The number of hydrogen-bond acceptors (Lipinski definition) is 6. The predicted molar refractivity (Wildman–Crippen MR) is 127 cm³/mol. The molecule has 176 valence electrons. The molecule has 10 heteroatoms. The number of sulfonamides is 1. The summed E-state index contributed by atoms with van der Waals surface area (Å²) in [5.74, 6) is -1.52. The second-order valence-electron chi connectivity index (χ2n) is 7.40. The number of nitrogens with zero attached hydrogens (tertiary/aromatic N) is 1. The van der Waals surface area contributed by atoms with Crippen molar-refractivity contribution in [3.63, 3.8) is 0 Å². The number of hydrogen-bond donors (Lipinski definition) is 2. The Morgan fingerprint density at radius 3 is 2.15 bits per heavy atom. The van der Waals surface area contributed by atoms with Crippen LogP contribution in [0.5, 0.6) is 0 Å². The Labute approximate surface area is 197 Å². The number of carbonyl (C=O) groups is 3. The fourth-order valence-corrected chi connectivity index (χ4v) is 3.96. The van der Waals surface area contributed by atoms with Gasteiger partial charge in [-0.2, -0.15) is 0 Å². The van der Waals surface area contributed by atoms with Crippen molar-refractivity contribution in [2.24, 2.45) is 0 Å². The highest BCUT2D eigenvalue weighted by molar-refractivity contribution is 7.92. The molecule has 0 unspecified atom stereocenters. The first-order valence-electron chi connectivity index (χ1n) is 10.1. The standard InChI is InChI=1S/C24H23N3O6S/c1-27(2)23(29)17-11-13-19(14-12-17)25-22(28)16-33-24(30)18-7-6-8-20(15-18)26-34(31,32)21-9-4-3-5-10-21/h3-15,26H,16H2,1-2H3,(H,25,28). The minimum absolute atomic E-state index is 0.0765. The zero-order chi connectivity index (χ0) is 24.7. The van der Waals surface area contributed by atoms with Crippen LogP contribution < -0.4 is 10.0 Å². The van der Waals surface area contributed by atoms with Crippen LogP contribution in [0.15, 0.2) is 83.8 Å². The van der Waals surface area contributed by atoms with Gasteiger partial charge in [0.15, 0.2) is 6.61 Å². The number of carbonyl (C=O) groups excluding carboxylic acids is 3. The van der Waals surface area contributed by atoms with Crippen LogP contribution in [0.3, 0.4) is 0 Å². The zero-order valence-corrected chi connectivity index (χ0v) is 19.3. The Morgan fingerprint density at radius 1 is 0.824 bits per heavy atom. The molecular formula is C24H23N3O6S. The monoisotopic (exact) mass is 481 g/mol. The molecule has 0 aliphatic heterocycles. The van der Waals surface area contributed by atoms with E-state index >= 15 is 0 Å². The van der Waals surface area contributed by atoms with E-state index in [0.29, 0.717) is 11.3 Å². The second-order valence-corrected chi connectivity index (χ2v) is 9.08. The van der Waals surface area contributed by atoms with Crippen molar-refractivity contribution in [2.45, 2.75) is 4.90 Å². The number of benzene rings is 3. The van der Waals surface area contributed by atoms with E-state index in [2.05, 4.69) is 10.0 Å². The normalized spacial score (nSPS) is 10.8. The number of rotatable bonds is 8. The van der Waals surface area contributed by atoms with Crippen molar-refractivity contribution < 1.29 is 27.5 Å². The highest BCUT2D eigenvalue weighted by atomic mass is 32.2. The molecule has 0 aliphatic carbocycles. The number of ether oxygens (including phenoxy) is 1. The lowest BCUT2D eigenvalue weighted by Crippen LogP contribution is -2.22. The number of anilines is 2. The average molecular weight is 482 g/mol. The number of amides is 2. The quantitative estimate of drug-likeness (QED) is 0.477. The lowest BCUT2D eigenvalue weighted by Gasteiger charge is -2.11. The van der Waals surface area contributed by atoms with E-state index in [-0.39, 0.29) is 22.1 Å². The smallest absolute Gasteiger partial charge is 0.338 e. The number of esters is 1. The molecule has 0 spiro atoms. The molecule has 0 saturated heterocycles. The molecule has 0 bridgehead atoms. The topological polar surface area (TPSA) is 122 Å². The summed E-state index contributed by atoms with van der Waals surface area (Å²) in [7, 11) is -0.541. The van der Waals surface area contributed by atoms with Crippen molar-refractivity contribution in [3.8, 4) is 0 Å². The first-order valence-corrected chi connectivity index (χ1v) is 11.6. The van der Waals surface area contributed by atoms with E-state index < -0.39 is 28.5 Å². The Hall–Kier alpha value is -4.18. The summed E-state index contributed by atoms with van der Waals surface area (Å²) in [6, 6.07) is 19.9. The van der Waals surface area contributed by atoms with Gasteiger partial charge in [-0.15, -0.1) is 0 Å². The maximum absolute atomic E-state index is 12.5. The van der Waals surface area contributed by atoms with Gasteiger partial charge in [-0.3, -0.25) is 14.3 Å². The van der Waals surface area contributed by atoms with Crippen LogP contribution in [0.1, 0.15) is 20.7 Å². The maximum atomic E-state index is 12.5. The third kappa shape index (κ3) is 6.42. The van der Waals surface area contributed by atoms with Gasteiger partial charge in [0.25, 0.3) is 21.8 Å². The Balaban J connectivity index is 1.57. The van der Waals surface area contributed by atoms with Crippen LogP contribution in [-0.2, 0) is 19.6 Å². The van der Waals surface area contributed by atoms with Crippen molar-refractivity contribution in [2.75, 3.05) is 30.7 Å². The zero-order valence-electron chi connectivity index (χ0n) is 18.5. The molecule has 3 rings (SSSR count). The molecule has 0 radical (unpaired) electrons. The lowest BCUT2D eigenvalue weighted by molar-refractivity contribution is -0.119. The summed E-state index contributed by atoms with van der Waals surface area (Å²) in [4.78, 5) is 37.9. The van der Waals surface area contributed by atoms with Gasteiger partial charge in [0, 0.05) is 31.0 Å². The van der Waals surface area contributed by atoms with Crippen molar-refractivity contribution in [1.82, 2.24) is 4.90 Å². The van der Waals surface area contributed by atoms with E-state index in [1.165, 1.54) is 41.3 Å². The highest BCUT2D eigenvalue weighted by Crippen LogP contribution is 2.18. The van der Waals surface area contributed by atoms with Crippen LogP contribution in [0.25, 0.3) is 0 Å². The first kappa shape index (κ1) is 24.5.